The van der Waals surface area contributed by atoms with E-state index in [0.29, 0.717) is 6.92 Å². The fourth-order valence-electron chi connectivity index (χ4n) is 1.89. The van der Waals surface area contributed by atoms with Crippen molar-refractivity contribution in [2.75, 3.05) is 6.54 Å². The molecule has 0 spiro atoms. The van der Waals surface area contributed by atoms with Gasteiger partial charge in [0.15, 0.2) is 5.60 Å². The third-order valence-electron chi connectivity index (χ3n) is 3.46. The molecule has 0 unspecified atom stereocenters. The number of halogens is 3. The van der Waals surface area contributed by atoms with Crippen LogP contribution in [0.3, 0.4) is 0 Å². The second-order valence-electron chi connectivity index (χ2n) is 6.31. The maximum Gasteiger partial charge on any atom is 0.417 e. The van der Waals surface area contributed by atoms with Gasteiger partial charge >= 0.3 is 12.2 Å². The van der Waals surface area contributed by atoms with Crippen LogP contribution in [0, 0.1) is 0 Å². The van der Waals surface area contributed by atoms with Gasteiger partial charge in [0.25, 0.3) is 5.91 Å². The van der Waals surface area contributed by atoms with Crippen LogP contribution in [-0.4, -0.2) is 57.6 Å². The number of hydrogen-bond acceptors (Lipinski definition) is 5. The SMILES string of the molecule is CC1(C)NC(=O)N(CCC(=O)NNC(=O)C[C@](C)(O)C(F)(F)F)C1=O. The van der Waals surface area contributed by atoms with Gasteiger partial charge in [-0.1, -0.05) is 0 Å². The maximum atomic E-state index is 12.4. The zero-order chi connectivity index (χ0) is 19.6. The molecule has 1 saturated heterocycles. The Bertz CT molecular complexity index is 589. The van der Waals surface area contributed by atoms with Crippen molar-refractivity contribution < 1.29 is 37.5 Å². The van der Waals surface area contributed by atoms with Gasteiger partial charge in [0.05, 0.1) is 6.42 Å². The molecule has 9 nitrogen and oxygen atoms in total. The molecule has 1 atom stereocenters. The molecule has 4 N–H and O–H groups in total. The third-order valence-corrected chi connectivity index (χ3v) is 3.46. The van der Waals surface area contributed by atoms with Gasteiger partial charge in [0.1, 0.15) is 5.54 Å². The fraction of sp³-hybridized carbons (Fsp3) is 0.692. The van der Waals surface area contributed by atoms with Crippen LogP contribution in [-0.2, 0) is 14.4 Å². The van der Waals surface area contributed by atoms with Crippen LogP contribution in [0.5, 0.6) is 0 Å². The van der Waals surface area contributed by atoms with E-state index in [-0.39, 0.29) is 13.0 Å². The number of hydrazine groups is 1. The highest BCUT2D eigenvalue weighted by Gasteiger charge is 2.51. The monoisotopic (exact) mass is 368 g/mol. The summed E-state index contributed by atoms with van der Waals surface area (Å²) < 4.78 is 37.3. The summed E-state index contributed by atoms with van der Waals surface area (Å²) in [5.74, 6) is -2.62. The normalized spacial score (nSPS) is 19.2. The molecular formula is C13H19F3N4O5. The molecule has 0 aromatic carbocycles. The van der Waals surface area contributed by atoms with Gasteiger partial charge in [-0.25, -0.2) is 4.79 Å². The molecule has 1 aliphatic rings. The predicted molar refractivity (Wildman–Crippen MR) is 76.5 cm³/mol. The van der Waals surface area contributed by atoms with Crippen molar-refractivity contribution in [3.05, 3.63) is 0 Å². The van der Waals surface area contributed by atoms with Crippen molar-refractivity contribution in [1.82, 2.24) is 21.1 Å². The lowest BCUT2D eigenvalue weighted by atomic mass is 10.0. The lowest BCUT2D eigenvalue weighted by Crippen LogP contribution is -2.50. The van der Waals surface area contributed by atoms with E-state index in [1.165, 1.54) is 13.8 Å². The van der Waals surface area contributed by atoms with E-state index in [1.807, 2.05) is 5.43 Å². The van der Waals surface area contributed by atoms with E-state index < -0.39 is 47.5 Å². The first-order valence-electron chi connectivity index (χ1n) is 7.18. The maximum absolute atomic E-state index is 12.4. The highest BCUT2D eigenvalue weighted by Crippen LogP contribution is 2.32. The highest BCUT2D eigenvalue weighted by atomic mass is 19.4. The molecule has 1 rings (SSSR count). The number of nitrogens with one attached hydrogen (secondary N) is 3. The standard InChI is InChI=1S/C13H19F3N4O5/c1-11(2)9(23)20(10(24)17-11)5-4-7(21)18-19-8(22)6-12(3,25)13(14,15)16/h25H,4-6H2,1-3H3,(H,17,24)(H,18,21)(H,19,22)/t12-/m0/s1. The van der Waals surface area contributed by atoms with Crippen LogP contribution >= 0.6 is 0 Å². The first-order valence-corrected chi connectivity index (χ1v) is 7.18. The Kier molecular flexibility index (Phi) is 5.67. The van der Waals surface area contributed by atoms with Crippen molar-refractivity contribution in [2.24, 2.45) is 0 Å². The summed E-state index contributed by atoms with van der Waals surface area (Å²) in [5.41, 5.74) is -0.768. The number of imide groups is 1. The van der Waals surface area contributed by atoms with Gasteiger partial charge in [-0.15, -0.1) is 0 Å². The van der Waals surface area contributed by atoms with Crippen molar-refractivity contribution in [3.63, 3.8) is 0 Å². The van der Waals surface area contributed by atoms with E-state index in [9.17, 15) is 32.3 Å². The average Bonchev–Trinajstić information content (AvgIpc) is 2.61. The lowest BCUT2D eigenvalue weighted by Gasteiger charge is -2.25. The number of aliphatic hydroxyl groups is 1. The molecule has 0 aromatic rings. The highest BCUT2D eigenvalue weighted by molar-refractivity contribution is 6.06. The van der Waals surface area contributed by atoms with Crippen molar-refractivity contribution in [1.29, 1.82) is 0 Å². The minimum atomic E-state index is -5.01. The zero-order valence-electron chi connectivity index (χ0n) is 13.8. The molecule has 0 radical (unpaired) electrons. The number of hydrogen-bond donors (Lipinski definition) is 4. The molecule has 25 heavy (non-hydrogen) atoms. The molecule has 1 aliphatic heterocycles. The van der Waals surface area contributed by atoms with E-state index in [0.717, 1.165) is 4.90 Å². The average molecular weight is 368 g/mol. The molecule has 12 heteroatoms. The summed E-state index contributed by atoms with van der Waals surface area (Å²) in [4.78, 5) is 47.2. The number of alkyl halides is 3. The molecule has 1 fully saturated rings. The van der Waals surface area contributed by atoms with E-state index in [4.69, 9.17) is 5.11 Å². The van der Waals surface area contributed by atoms with Gasteiger partial charge in [0, 0.05) is 13.0 Å². The molecule has 0 aliphatic carbocycles. The zero-order valence-corrected chi connectivity index (χ0v) is 13.8. The van der Waals surface area contributed by atoms with Crippen LogP contribution in [0.25, 0.3) is 0 Å². The van der Waals surface area contributed by atoms with Gasteiger partial charge in [-0.05, 0) is 20.8 Å². The molecular weight excluding hydrogens is 349 g/mol. The molecule has 142 valence electrons. The smallest absolute Gasteiger partial charge is 0.380 e. The first kappa shape index (κ1) is 20.7. The van der Waals surface area contributed by atoms with Crippen LogP contribution in [0.2, 0.25) is 0 Å². The predicted octanol–water partition coefficient (Wildman–Crippen LogP) is -0.442. The van der Waals surface area contributed by atoms with Gasteiger partial charge in [0.2, 0.25) is 11.8 Å². The van der Waals surface area contributed by atoms with E-state index in [2.05, 4.69) is 5.32 Å². The number of nitrogens with zero attached hydrogens (tertiary/aromatic N) is 1. The third kappa shape index (κ3) is 5.05. The number of carbonyl (C=O) groups is 4. The topological polar surface area (TPSA) is 128 Å². The van der Waals surface area contributed by atoms with E-state index >= 15 is 0 Å². The number of urea groups is 1. The van der Waals surface area contributed by atoms with E-state index in [1.54, 1.807) is 5.43 Å². The Balaban J connectivity index is 2.42. The minimum Gasteiger partial charge on any atom is -0.380 e. The van der Waals surface area contributed by atoms with Gasteiger partial charge in [-0.2, -0.15) is 13.2 Å². The Morgan fingerprint density at radius 3 is 2.16 bits per heavy atom. The number of rotatable bonds is 5. The Hall–Kier alpha value is -2.37. The first-order chi connectivity index (χ1) is 11.2. The second-order valence-corrected chi connectivity index (χ2v) is 6.31. The summed E-state index contributed by atoms with van der Waals surface area (Å²) >= 11 is 0. The lowest BCUT2D eigenvalue weighted by molar-refractivity contribution is -0.253. The van der Waals surface area contributed by atoms with Crippen LogP contribution in [0.4, 0.5) is 18.0 Å². The minimum absolute atomic E-state index is 0.268. The van der Waals surface area contributed by atoms with Gasteiger partial charge < -0.3 is 10.4 Å². The molecule has 0 bridgehead atoms. The summed E-state index contributed by atoms with van der Waals surface area (Å²) in [7, 11) is 0. The van der Waals surface area contributed by atoms with Crippen LogP contribution in [0.1, 0.15) is 33.6 Å². The van der Waals surface area contributed by atoms with Crippen LogP contribution < -0.4 is 16.2 Å². The number of amides is 5. The second kappa shape index (κ2) is 6.86. The van der Waals surface area contributed by atoms with Gasteiger partial charge in [-0.3, -0.25) is 30.1 Å². The summed E-state index contributed by atoms with van der Waals surface area (Å²) in [6.45, 7) is 3.13. The number of carbonyl (C=O) groups excluding carboxylic acids is 4. The molecule has 1 heterocycles. The summed E-state index contributed by atoms with van der Waals surface area (Å²) in [6, 6.07) is -0.673. The summed E-state index contributed by atoms with van der Waals surface area (Å²) in [5, 5.41) is 11.6. The Morgan fingerprint density at radius 2 is 1.72 bits per heavy atom. The molecule has 0 saturated carbocycles. The Morgan fingerprint density at radius 1 is 1.20 bits per heavy atom. The quantitative estimate of drug-likeness (QED) is 0.386. The van der Waals surface area contributed by atoms with Crippen molar-refractivity contribution >= 4 is 23.8 Å². The van der Waals surface area contributed by atoms with Crippen LogP contribution in [0.15, 0.2) is 0 Å². The fourth-order valence-corrected chi connectivity index (χ4v) is 1.89. The molecule has 5 amide bonds. The Labute approximate surface area is 140 Å². The van der Waals surface area contributed by atoms with Crippen molar-refractivity contribution in [3.8, 4) is 0 Å². The largest absolute Gasteiger partial charge is 0.417 e. The molecule has 0 aromatic heterocycles. The van der Waals surface area contributed by atoms with Crippen molar-refractivity contribution in [2.45, 2.75) is 50.9 Å². The summed E-state index contributed by atoms with van der Waals surface area (Å²) in [6.07, 6.45) is -6.69.